The van der Waals surface area contributed by atoms with E-state index in [-0.39, 0.29) is 11.3 Å². The second-order valence-electron chi connectivity index (χ2n) is 4.35. The molecule has 0 aromatic heterocycles. The maximum atomic E-state index is 11.7. The summed E-state index contributed by atoms with van der Waals surface area (Å²) in [5.41, 5.74) is 0.799. The molecule has 0 spiro atoms. The second kappa shape index (κ2) is 5.31. The summed E-state index contributed by atoms with van der Waals surface area (Å²) in [6.45, 7) is 4.88. The van der Waals surface area contributed by atoms with Crippen molar-refractivity contribution < 1.29 is 4.79 Å². The number of nitrogens with one attached hydrogen (secondary N) is 1. The highest BCUT2D eigenvalue weighted by Gasteiger charge is 2.17. The molecular weight excluding hydrogens is 254 g/mol. The Morgan fingerprint density at radius 2 is 1.93 bits per heavy atom. The number of alkyl halides is 1. The first-order valence-electron chi connectivity index (χ1n) is 4.94. The van der Waals surface area contributed by atoms with Crippen LogP contribution in [0.4, 0.5) is 0 Å². The zero-order valence-electron chi connectivity index (χ0n) is 9.09. The zero-order chi connectivity index (χ0) is 11.3. The summed E-state index contributed by atoms with van der Waals surface area (Å²) in [6, 6.07) is 9.27. The van der Waals surface area contributed by atoms with Gasteiger partial charge in [0, 0.05) is 17.4 Å². The SMILES string of the molecule is CC(C)(CBr)CNC(=O)c1ccccc1. The van der Waals surface area contributed by atoms with Crippen LogP contribution in [-0.4, -0.2) is 17.8 Å². The molecule has 0 atom stereocenters. The molecule has 1 aromatic carbocycles. The molecule has 1 rings (SSSR count). The lowest BCUT2D eigenvalue weighted by Crippen LogP contribution is -2.34. The fourth-order valence-electron chi connectivity index (χ4n) is 1.06. The molecule has 0 radical (unpaired) electrons. The lowest BCUT2D eigenvalue weighted by Gasteiger charge is -2.21. The van der Waals surface area contributed by atoms with Gasteiger partial charge < -0.3 is 5.32 Å². The first-order chi connectivity index (χ1) is 7.05. The van der Waals surface area contributed by atoms with Crippen LogP contribution in [0.25, 0.3) is 0 Å². The third kappa shape index (κ3) is 4.04. The van der Waals surface area contributed by atoms with Crippen molar-refractivity contribution >= 4 is 21.8 Å². The molecule has 1 aromatic rings. The predicted octanol–water partition coefficient (Wildman–Crippen LogP) is 2.84. The van der Waals surface area contributed by atoms with Gasteiger partial charge in [-0.1, -0.05) is 48.0 Å². The number of rotatable bonds is 4. The molecule has 0 unspecified atom stereocenters. The Kier molecular flexibility index (Phi) is 4.33. The van der Waals surface area contributed by atoms with E-state index >= 15 is 0 Å². The number of carbonyl (C=O) groups excluding carboxylic acids is 1. The Morgan fingerprint density at radius 3 is 2.47 bits per heavy atom. The minimum Gasteiger partial charge on any atom is -0.351 e. The van der Waals surface area contributed by atoms with E-state index in [0.717, 1.165) is 5.33 Å². The van der Waals surface area contributed by atoms with Crippen LogP contribution in [0.2, 0.25) is 0 Å². The van der Waals surface area contributed by atoms with E-state index in [2.05, 4.69) is 35.1 Å². The molecular formula is C12H16BrNO. The average Bonchev–Trinajstić information content (AvgIpc) is 2.27. The Morgan fingerprint density at radius 1 is 1.33 bits per heavy atom. The first-order valence-corrected chi connectivity index (χ1v) is 6.06. The molecule has 0 aliphatic carbocycles. The molecule has 0 bridgehead atoms. The summed E-state index contributed by atoms with van der Waals surface area (Å²) in [4.78, 5) is 11.7. The van der Waals surface area contributed by atoms with Gasteiger partial charge in [0.05, 0.1) is 0 Å². The number of amides is 1. The highest BCUT2D eigenvalue weighted by molar-refractivity contribution is 9.09. The van der Waals surface area contributed by atoms with Crippen LogP contribution in [0, 0.1) is 5.41 Å². The van der Waals surface area contributed by atoms with Gasteiger partial charge in [-0.2, -0.15) is 0 Å². The van der Waals surface area contributed by atoms with Crippen molar-refractivity contribution in [2.24, 2.45) is 5.41 Å². The topological polar surface area (TPSA) is 29.1 Å². The summed E-state index contributed by atoms with van der Waals surface area (Å²) in [7, 11) is 0. The summed E-state index contributed by atoms with van der Waals surface area (Å²) in [5.74, 6) is -0.00961. The first kappa shape index (κ1) is 12.2. The molecule has 2 nitrogen and oxygen atoms in total. The zero-order valence-corrected chi connectivity index (χ0v) is 10.7. The normalized spacial score (nSPS) is 11.1. The lowest BCUT2D eigenvalue weighted by atomic mass is 9.97. The van der Waals surface area contributed by atoms with Crippen LogP contribution >= 0.6 is 15.9 Å². The van der Waals surface area contributed by atoms with Gasteiger partial charge in [0.15, 0.2) is 0 Å². The highest BCUT2D eigenvalue weighted by atomic mass is 79.9. The van der Waals surface area contributed by atoms with Gasteiger partial charge in [0.25, 0.3) is 5.91 Å². The molecule has 1 N–H and O–H groups in total. The van der Waals surface area contributed by atoms with Crippen molar-refractivity contribution in [3.8, 4) is 0 Å². The van der Waals surface area contributed by atoms with Gasteiger partial charge in [-0.15, -0.1) is 0 Å². The third-order valence-corrected chi connectivity index (χ3v) is 3.64. The van der Waals surface area contributed by atoms with E-state index in [1.54, 1.807) is 0 Å². The number of hydrogen-bond donors (Lipinski definition) is 1. The molecule has 0 saturated carbocycles. The fraction of sp³-hybridized carbons (Fsp3) is 0.417. The van der Waals surface area contributed by atoms with Crippen LogP contribution in [0.3, 0.4) is 0 Å². The Bertz CT molecular complexity index is 322. The van der Waals surface area contributed by atoms with E-state index in [1.807, 2.05) is 30.3 Å². The molecule has 15 heavy (non-hydrogen) atoms. The fourth-order valence-corrected chi connectivity index (χ4v) is 1.26. The number of benzene rings is 1. The van der Waals surface area contributed by atoms with Gasteiger partial charge in [0.2, 0.25) is 0 Å². The number of carbonyl (C=O) groups is 1. The minimum absolute atomic E-state index is 0.00961. The van der Waals surface area contributed by atoms with E-state index in [0.29, 0.717) is 12.1 Å². The van der Waals surface area contributed by atoms with Crippen molar-refractivity contribution in [2.75, 3.05) is 11.9 Å². The molecule has 0 aliphatic rings. The van der Waals surface area contributed by atoms with Gasteiger partial charge in [-0.3, -0.25) is 4.79 Å². The van der Waals surface area contributed by atoms with E-state index in [1.165, 1.54) is 0 Å². The van der Waals surface area contributed by atoms with Crippen molar-refractivity contribution in [1.29, 1.82) is 0 Å². The number of halogens is 1. The highest BCUT2D eigenvalue weighted by Crippen LogP contribution is 2.16. The van der Waals surface area contributed by atoms with Crippen LogP contribution in [0.1, 0.15) is 24.2 Å². The van der Waals surface area contributed by atoms with Crippen molar-refractivity contribution in [1.82, 2.24) is 5.32 Å². The monoisotopic (exact) mass is 269 g/mol. The summed E-state index contributed by atoms with van der Waals surface area (Å²) < 4.78 is 0. The Labute approximate surface area is 99.2 Å². The summed E-state index contributed by atoms with van der Waals surface area (Å²) in [6.07, 6.45) is 0. The van der Waals surface area contributed by atoms with E-state index in [9.17, 15) is 4.79 Å². The van der Waals surface area contributed by atoms with Crippen LogP contribution < -0.4 is 5.32 Å². The maximum absolute atomic E-state index is 11.7. The van der Waals surface area contributed by atoms with Gasteiger partial charge >= 0.3 is 0 Å². The van der Waals surface area contributed by atoms with Crippen LogP contribution in [0.15, 0.2) is 30.3 Å². The molecule has 0 fully saturated rings. The van der Waals surface area contributed by atoms with Crippen molar-refractivity contribution in [3.63, 3.8) is 0 Å². The smallest absolute Gasteiger partial charge is 0.251 e. The molecule has 82 valence electrons. The van der Waals surface area contributed by atoms with Gasteiger partial charge in [-0.25, -0.2) is 0 Å². The second-order valence-corrected chi connectivity index (χ2v) is 4.91. The molecule has 0 heterocycles. The number of hydrogen-bond acceptors (Lipinski definition) is 1. The Hall–Kier alpha value is -0.830. The largest absolute Gasteiger partial charge is 0.351 e. The van der Waals surface area contributed by atoms with Crippen molar-refractivity contribution in [3.05, 3.63) is 35.9 Å². The molecule has 1 amide bonds. The third-order valence-electron chi connectivity index (χ3n) is 2.13. The summed E-state index contributed by atoms with van der Waals surface area (Å²) in [5, 5.41) is 3.79. The summed E-state index contributed by atoms with van der Waals surface area (Å²) >= 11 is 3.43. The van der Waals surface area contributed by atoms with E-state index in [4.69, 9.17) is 0 Å². The maximum Gasteiger partial charge on any atom is 0.251 e. The average molecular weight is 270 g/mol. The quantitative estimate of drug-likeness (QED) is 0.837. The molecule has 0 aliphatic heterocycles. The van der Waals surface area contributed by atoms with Crippen LogP contribution in [-0.2, 0) is 0 Å². The predicted molar refractivity (Wildman–Crippen MR) is 66.4 cm³/mol. The Balaban J connectivity index is 2.51. The van der Waals surface area contributed by atoms with Gasteiger partial charge in [-0.05, 0) is 17.5 Å². The van der Waals surface area contributed by atoms with E-state index < -0.39 is 0 Å². The molecule has 3 heteroatoms. The lowest BCUT2D eigenvalue weighted by molar-refractivity contribution is 0.0940. The van der Waals surface area contributed by atoms with Crippen LogP contribution in [0.5, 0.6) is 0 Å². The molecule has 0 saturated heterocycles. The minimum atomic E-state index is -0.00961. The van der Waals surface area contributed by atoms with Gasteiger partial charge in [0.1, 0.15) is 0 Å². The van der Waals surface area contributed by atoms with Crippen molar-refractivity contribution in [2.45, 2.75) is 13.8 Å². The standard InChI is InChI=1S/C12H16BrNO/c1-12(2,8-13)9-14-11(15)10-6-4-3-5-7-10/h3-7H,8-9H2,1-2H3,(H,14,15).